The molecule has 0 saturated carbocycles. The fourth-order valence-corrected chi connectivity index (χ4v) is 3.97. The Kier molecular flexibility index (Phi) is 7.49. The Hall–Kier alpha value is -2.05. The summed E-state index contributed by atoms with van der Waals surface area (Å²) < 4.78 is 25.8. The lowest BCUT2D eigenvalue weighted by atomic mass is 10.1. The highest BCUT2D eigenvalue weighted by atomic mass is 35.5. The fraction of sp³-hybridized carbons (Fsp3) is 0.381. The number of sulfonamides is 1. The van der Waals surface area contributed by atoms with Crippen LogP contribution in [0.5, 0.6) is 0 Å². The second kappa shape index (κ2) is 9.43. The Balaban J connectivity index is 1.96. The van der Waals surface area contributed by atoms with E-state index in [0.29, 0.717) is 23.7 Å². The van der Waals surface area contributed by atoms with E-state index in [2.05, 4.69) is 0 Å². The maximum atomic E-state index is 12.4. The van der Waals surface area contributed by atoms with E-state index in [4.69, 9.17) is 11.6 Å². The molecule has 0 saturated heterocycles. The normalized spacial score (nSPS) is 11.3. The molecule has 2 rings (SSSR count). The number of carbonyl (C=O) groups excluding carboxylic acids is 1. The van der Waals surface area contributed by atoms with E-state index in [-0.39, 0.29) is 18.9 Å². The van der Waals surface area contributed by atoms with Crippen molar-refractivity contribution in [3.8, 4) is 0 Å². The molecule has 0 aliphatic rings. The largest absolute Gasteiger partial charge is 0.341 e. The minimum atomic E-state index is -3.42. The maximum absolute atomic E-state index is 12.4. The van der Waals surface area contributed by atoms with E-state index in [1.165, 1.54) is 10.6 Å². The van der Waals surface area contributed by atoms with Gasteiger partial charge < -0.3 is 4.90 Å². The highest BCUT2D eigenvalue weighted by Crippen LogP contribution is 2.22. The number of anilines is 1. The van der Waals surface area contributed by atoms with E-state index >= 15 is 0 Å². The molecule has 0 radical (unpaired) electrons. The van der Waals surface area contributed by atoms with Gasteiger partial charge in [-0.05, 0) is 61.2 Å². The van der Waals surface area contributed by atoms with Gasteiger partial charge >= 0.3 is 0 Å². The average molecular weight is 423 g/mol. The number of benzene rings is 2. The van der Waals surface area contributed by atoms with Crippen LogP contribution >= 0.6 is 11.6 Å². The van der Waals surface area contributed by atoms with Crippen molar-refractivity contribution in [2.45, 2.75) is 33.2 Å². The van der Waals surface area contributed by atoms with Gasteiger partial charge in [-0.3, -0.25) is 9.10 Å². The van der Waals surface area contributed by atoms with Gasteiger partial charge in [0.05, 0.1) is 11.9 Å². The summed E-state index contributed by atoms with van der Waals surface area (Å²) in [7, 11) is -1.68. The first-order valence-corrected chi connectivity index (χ1v) is 11.3. The zero-order valence-electron chi connectivity index (χ0n) is 16.8. The van der Waals surface area contributed by atoms with Gasteiger partial charge in [0.15, 0.2) is 0 Å². The SMILES string of the molecule is Cc1ccc(N(CCCC(=O)N(C)Cc2ccc(Cl)cc2)S(C)(=O)=O)cc1C. The summed E-state index contributed by atoms with van der Waals surface area (Å²) in [6, 6.07) is 12.9. The first kappa shape index (κ1) is 22.2. The van der Waals surface area contributed by atoms with Crippen molar-refractivity contribution in [3.63, 3.8) is 0 Å². The number of carbonyl (C=O) groups is 1. The topological polar surface area (TPSA) is 57.7 Å². The van der Waals surface area contributed by atoms with Crippen LogP contribution in [0, 0.1) is 13.8 Å². The summed E-state index contributed by atoms with van der Waals surface area (Å²) in [6.07, 6.45) is 1.92. The Bertz CT molecular complexity index is 927. The molecule has 1 amide bonds. The third kappa shape index (κ3) is 6.24. The zero-order valence-corrected chi connectivity index (χ0v) is 18.3. The lowest BCUT2D eigenvalue weighted by molar-refractivity contribution is -0.130. The Morgan fingerprint density at radius 2 is 1.68 bits per heavy atom. The monoisotopic (exact) mass is 422 g/mol. The Morgan fingerprint density at radius 3 is 2.25 bits per heavy atom. The molecule has 0 unspecified atom stereocenters. The van der Waals surface area contributed by atoms with Crippen LogP contribution < -0.4 is 4.31 Å². The summed E-state index contributed by atoms with van der Waals surface area (Å²) in [6.45, 7) is 4.69. The molecule has 0 atom stereocenters. The molecule has 0 bridgehead atoms. The minimum absolute atomic E-state index is 0.0245. The van der Waals surface area contributed by atoms with Gasteiger partial charge in [0.25, 0.3) is 0 Å². The second-order valence-electron chi connectivity index (χ2n) is 7.08. The van der Waals surface area contributed by atoms with Crippen molar-refractivity contribution in [1.82, 2.24) is 4.90 Å². The molecule has 0 aromatic heterocycles. The number of rotatable bonds is 8. The molecule has 152 valence electrons. The lowest BCUT2D eigenvalue weighted by Crippen LogP contribution is -2.32. The molecule has 2 aromatic rings. The number of nitrogens with zero attached hydrogens (tertiary/aromatic N) is 2. The van der Waals surface area contributed by atoms with Crippen LogP contribution in [0.1, 0.15) is 29.5 Å². The molecular weight excluding hydrogens is 396 g/mol. The average Bonchev–Trinajstić information content (AvgIpc) is 2.62. The number of hydrogen-bond acceptors (Lipinski definition) is 3. The van der Waals surface area contributed by atoms with Gasteiger partial charge in [0.1, 0.15) is 0 Å². The number of amides is 1. The van der Waals surface area contributed by atoms with Gasteiger partial charge in [0, 0.05) is 31.6 Å². The van der Waals surface area contributed by atoms with E-state index in [9.17, 15) is 13.2 Å². The van der Waals surface area contributed by atoms with Gasteiger partial charge in [-0.1, -0.05) is 29.8 Å². The zero-order chi connectivity index (χ0) is 20.9. The third-order valence-corrected chi connectivity index (χ3v) is 6.14. The number of hydrogen-bond donors (Lipinski definition) is 0. The third-order valence-electron chi connectivity index (χ3n) is 4.69. The van der Waals surface area contributed by atoms with Crippen LogP contribution in [0.25, 0.3) is 0 Å². The molecule has 0 aliphatic carbocycles. The van der Waals surface area contributed by atoms with Crippen molar-refractivity contribution in [1.29, 1.82) is 0 Å². The van der Waals surface area contributed by atoms with Crippen LogP contribution in [0.3, 0.4) is 0 Å². The summed E-state index contributed by atoms with van der Waals surface area (Å²) in [4.78, 5) is 14.1. The predicted molar refractivity (Wildman–Crippen MR) is 115 cm³/mol. The summed E-state index contributed by atoms with van der Waals surface area (Å²) in [5.74, 6) is -0.0245. The van der Waals surface area contributed by atoms with Gasteiger partial charge in [-0.15, -0.1) is 0 Å². The van der Waals surface area contributed by atoms with Crippen LogP contribution in [0.2, 0.25) is 5.02 Å². The van der Waals surface area contributed by atoms with Gasteiger partial charge in [0.2, 0.25) is 15.9 Å². The number of halogens is 1. The van der Waals surface area contributed by atoms with E-state index < -0.39 is 10.0 Å². The molecule has 5 nitrogen and oxygen atoms in total. The molecule has 0 heterocycles. The maximum Gasteiger partial charge on any atom is 0.232 e. The Morgan fingerprint density at radius 1 is 1.04 bits per heavy atom. The molecule has 0 spiro atoms. The summed E-state index contributed by atoms with van der Waals surface area (Å²) in [5.41, 5.74) is 3.77. The van der Waals surface area contributed by atoms with Gasteiger partial charge in [-0.25, -0.2) is 8.42 Å². The molecule has 0 aliphatic heterocycles. The second-order valence-corrected chi connectivity index (χ2v) is 9.43. The van der Waals surface area contributed by atoms with Crippen LogP contribution in [-0.4, -0.2) is 39.1 Å². The van der Waals surface area contributed by atoms with Crippen molar-refractivity contribution in [2.75, 3.05) is 24.2 Å². The molecular formula is C21H27ClN2O3S. The standard InChI is InChI=1S/C21H27ClN2O3S/c1-16-7-12-20(14-17(16)2)24(28(4,26)27)13-5-6-21(25)23(3)15-18-8-10-19(22)11-9-18/h7-12,14H,5-6,13,15H2,1-4H3. The summed E-state index contributed by atoms with van der Waals surface area (Å²) >= 11 is 5.88. The van der Waals surface area contributed by atoms with E-state index in [0.717, 1.165) is 16.7 Å². The summed E-state index contributed by atoms with van der Waals surface area (Å²) in [5, 5.41) is 0.657. The van der Waals surface area contributed by atoms with Crippen LogP contribution in [0.4, 0.5) is 5.69 Å². The van der Waals surface area contributed by atoms with Crippen molar-refractivity contribution in [3.05, 3.63) is 64.2 Å². The Labute approximate surface area is 173 Å². The highest BCUT2D eigenvalue weighted by molar-refractivity contribution is 7.92. The molecule has 2 aromatic carbocycles. The highest BCUT2D eigenvalue weighted by Gasteiger charge is 2.18. The molecule has 0 N–H and O–H groups in total. The van der Waals surface area contributed by atoms with Crippen LogP contribution in [-0.2, 0) is 21.4 Å². The molecule has 7 heteroatoms. The quantitative estimate of drug-likeness (QED) is 0.641. The smallest absolute Gasteiger partial charge is 0.232 e. The van der Waals surface area contributed by atoms with Crippen molar-refractivity contribution >= 4 is 33.2 Å². The van der Waals surface area contributed by atoms with Gasteiger partial charge in [-0.2, -0.15) is 0 Å². The van der Waals surface area contributed by atoms with Crippen LogP contribution in [0.15, 0.2) is 42.5 Å². The lowest BCUT2D eigenvalue weighted by Gasteiger charge is -2.24. The predicted octanol–water partition coefficient (Wildman–Crippen LogP) is 4.16. The van der Waals surface area contributed by atoms with Crippen molar-refractivity contribution < 1.29 is 13.2 Å². The first-order chi connectivity index (χ1) is 13.1. The fourth-order valence-electron chi connectivity index (χ4n) is 2.88. The molecule has 28 heavy (non-hydrogen) atoms. The molecule has 0 fully saturated rings. The van der Waals surface area contributed by atoms with E-state index in [1.54, 1.807) is 30.1 Å². The van der Waals surface area contributed by atoms with E-state index in [1.807, 2.05) is 38.1 Å². The van der Waals surface area contributed by atoms with Crippen molar-refractivity contribution in [2.24, 2.45) is 0 Å². The first-order valence-electron chi connectivity index (χ1n) is 9.11. The number of aryl methyl sites for hydroxylation is 2. The minimum Gasteiger partial charge on any atom is -0.341 e.